The summed E-state index contributed by atoms with van der Waals surface area (Å²) < 4.78 is 5.17. The van der Waals surface area contributed by atoms with Gasteiger partial charge in [0.05, 0.1) is 23.0 Å². The van der Waals surface area contributed by atoms with E-state index in [1.807, 2.05) is 32.7 Å². The second-order valence-electron chi connectivity index (χ2n) is 4.99. The molecule has 0 aliphatic carbocycles. The van der Waals surface area contributed by atoms with E-state index in [0.29, 0.717) is 29.8 Å². The molecule has 0 fully saturated rings. The smallest absolute Gasteiger partial charge is 0.229 e. The third-order valence-corrected chi connectivity index (χ3v) is 3.25. The molecule has 0 bridgehead atoms. The standard InChI is InChI=1S/C12H18ClN5O/c1-7(2)12-14-10(17-19-12)6-18(4)5-9-11(13)8(3)15-16-9/h7H,5-6H2,1-4H3,(H,15,16). The molecule has 0 radical (unpaired) electrons. The van der Waals surface area contributed by atoms with E-state index in [1.54, 1.807) is 0 Å². The minimum atomic E-state index is 0.245. The third kappa shape index (κ3) is 3.33. The van der Waals surface area contributed by atoms with Crippen LogP contribution in [0.4, 0.5) is 0 Å². The van der Waals surface area contributed by atoms with Crippen LogP contribution in [0, 0.1) is 6.92 Å². The highest BCUT2D eigenvalue weighted by Crippen LogP contribution is 2.19. The minimum Gasteiger partial charge on any atom is -0.339 e. The van der Waals surface area contributed by atoms with Gasteiger partial charge in [-0.25, -0.2) is 0 Å². The molecular weight excluding hydrogens is 266 g/mol. The van der Waals surface area contributed by atoms with Crippen molar-refractivity contribution < 1.29 is 4.52 Å². The van der Waals surface area contributed by atoms with E-state index in [2.05, 4.69) is 20.3 Å². The van der Waals surface area contributed by atoms with Crippen molar-refractivity contribution in [3.8, 4) is 0 Å². The SMILES string of the molecule is Cc1[nH]nc(CN(C)Cc2noc(C(C)C)n2)c1Cl. The first kappa shape index (κ1) is 14.0. The Kier molecular flexibility index (Phi) is 4.21. The van der Waals surface area contributed by atoms with Crippen molar-refractivity contribution in [2.75, 3.05) is 7.05 Å². The van der Waals surface area contributed by atoms with Crippen LogP contribution in [0.15, 0.2) is 4.52 Å². The predicted octanol–water partition coefficient (Wildman–Crippen LogP) is 2.51. The molecule has 0 aliphatic heterocycles. The van der Waals surface area contributed by atoms with Crippen molar-refractivity contribution >= 4 is 11.6 Å². The van der Waals surface area contributed by atoms with Gasteiger partial charge in [0.15, 0.2) is 5.82 Å². The highest BCUT2D eigenvalue weighted by Gasteiger charge is 2.14. The summed E-state index contributed by atoms with van der Waals surface area (Å²) in [6, 6.07) is 0. The molecule has 0 aromatic carbocycles. The Balaban J connectivity index is 1.97. The maximum atomic E-state index is 6.13. The molecule has 2 aromatic rings. The summed E-state index contributed by atoms with van der Waals surface area (Å²) in [5, 5.41) is 11.7. The van der Waals surface area contributed by atoms with Crippen LogP contribution in [0.3, 0.4) is 0 Å². The van der Waals surface area contributed by atoms with E-state index >= 15 is 0 Å². The van der Waals surface area contributed by atoms with Crippen LogP contribution in [0.25, 0.3) is 0 Å². The summed E-state index contributed by atoms with van der Waals surface area (Å²) >= 11 is 6.13. The molecule has 6 nitrogen and oxygen atoms in total. The first-order valence-electron chi connectivity index (χ1n) is 6.17. The van der Waals surface area contributed by atoms with Crippen molar-refractivity contribution in [3.63, 3.8) is 0 Å². The Morgan fingerprint density at radius 1 is 1.37 bits per heavy atom. The second-order valence-corrected chi connectivity index (χ2v) is 5.36. The molecule has 104 valence electrons. The van der Waals surface area contributed by atoms with Crippen molar-refractivity contribution in [2.24, 2.45) is 0 Å². The molecule has 2 rings (SSSR count). The lowest BCUT2D eigenvalue weighted by Gasteiger charge is -2.12. The molecule has 0 saturated carbocycles. The molecule has 2 heterocycles. The molecule has 0 unspecified atom stereocenters. The van der Waals surface area contributed by atoms with E-state index in [9.17, 15) is 0 Å². The monoisotopic (exact) mass is 283 g/mol. The fourth-order valence-corrected chi connectivity index (χ4v) is 1.83. The third-order valence-electron chi connectivity index (χ3n) is 2.75. The zero-order chi connectivity index (χ0) is 14.0. The van der Waals surface area contributed by atoms with E-state index in [1.165, 1.54) is 0 Å². The van der Waals surface area contributed by atoms with Crippen molar-refractivity contribution in [1.29, 1.82) is 0 Å². The fraction of sp³-hybridized carbons (Fsp3) is 0.583. The molecule has 0 amide bonds. The number of hydrogen-bond acceptors (Lipinski definition) is 5. The highest BCUT2D eigenvalue weighted by atomic mass is 35.5. The van der Waals surface area contributed by atoms with Crippen molar-refractivity contribution in [1.82, 2.24) is 25.2 Å². The Bertz CT molecular complexity index is 548. The Labute approximate surface area is 117 Å². The molecule has 0 aliphatic rings. The van der Waals surface area contributed by atoms with Crippen molar-refractivity contribution in [3.05, 3.63) is 28.1 Å². The van der Waals surface area contributed by atoms with Crippen LogP contribution in [0.5, 0.6) is 0 Å². The molecule has 0 saturated heterocycles. The number of nitrogens with one attached hydrogen (secondary N) is 1. The van der Waals surface area contributed by atoms with Crippen LogP contribution in [0.1, 0.15) is 42.9 Å². The van der Waals surface area contributed by atoms with Gasteiger partial charge in [0.2, 0.25) is 5.89 Å². The van der Waals surface area contributed by atoms with E-state index in [0.717, 1.165) is 11.4 Å². The summed E-state index contributed by atoms with van der Waals surface area (Å²) in [4.78, 5) is 6.38. The lowest BCUT2D eigenvalue weighted by molar-refractivity contribution is 0.295. The molecule has 2 aromatic heterocycles. The number of halogens is 1. The zero-order valence-electron chi connectivity index (χ0n) is 11.6. The molecule has 19 heavy (non-hydrogen) atoms. The molecular formula is C12H18ClN5O. The summed E-state index contributed by atoms with van der Waals surface area (Å²) in [5.41, 5.74) is 1.71. The van der Waals surface area contributed by atoms with Crippen LogP contribution in [0.2, 0.25) is 5.02 Å². The van der Waals surface area contributed by atoms with Crippen LogP contribution < -0.4 is 0 Å². The molecule has 0 spiro atoms. The van der Waals surface area contributed by atoms with Gasteiger partial charge in [-0.3, -0.25) is 10.00 Å². The van der Waals surface area contributed by atoms with Crippen LogP contribution >= 0.6 is 11.6 Å². The van der Waals surface area contributed by atoms with E-state index in [4.69, 9.17) is 16.1 Å². The van der Waals surface area contributed by atoms with Gasteiger partial charge in [-0.05, 0) is 14.0 Å². The average Bonchev–Trinajstić information content (AvgIpc) is 2.91. The highest BCUT2D eigenvalue weighted by molar-refractivity contribution is 6.31. The molecule has 0 atom stereocenters. The first-order chi connectivity index (χ1) is 8.97. The minimum absolute atomic E-state index is 0.245. The van der Waals surface area contributed by atoms with Gasteiger partial charge < -0.3 is 4.52 Å². The van der Waals surface area contributed by atoms with Crippen LogP contribution in [-0.4, -0.2) is 32.3 Å². The zero-order valence-corrected chi connectivity index (χ0v) is 12.3. The Hall–Kier alpha value is -1.40. The number of aromatic amines is 1. The van der Waals surface area contributed by atoms with E-state index < -0.39 is 0 Å². The lowest BCUT2D eigenvalue weighted by atomic mass is 10.2. The summed E-state index contributed by atoms with van der Waals surface area (Å²) in [6.07, 6.45) is 0. The molecule has 7 heteroatoms. The summed E-state index contributed by atoms with van der Waals surface area (Å²) in [7, 11) is 1.96. The topological polar surface area (TPSA) is 70.8 Å². The molecule has 1 N–H and O–H groups in total. The van der Waals surface area contributed by atoms with Gasteiger partial charge in [0.1, 0.15) is 0 Å². The maximum Gasteiger partial charge on any atom is 0.229 e. The van der Waals surface area contributed by atoms with Gasteiger partial charge in [-0.15, -0.1) is 0 Å². The van der Waals surface area contributed by atoms with Gasteiger partial charge in [-0.2, -0.15) is 10.1 Å². The number of aryl methyl sites for hydroxylation is 1. The number of H-pyrrole nitrogens is 1. The van der Waals surface area contributed by atoms with Gasteiger partial charge in [-0.1, -0.05) is 30.6 Å². The van der Waals surface area contributed by atoms with E-state index in [-0.39, 0.29) is 5.92 Å². The maximum absolute atomic E-state index is 6.13. The average molecular weight is 284 g/mol. The van der Waals surface area contributed by atoms with Crippen LogP contribution in [-0.2, 0) is 13.1 Å². The lowest BCUT2D eigenvalue weighted by Crippen LogP contribution is -2.18. The second kappa shape index (κ2) is 5.71. The normalized spacial score (nSPS) is 11.7. The summed E-state index contributed by atoms with van der Waals surface area (Å²) in [6.45, 7) is 7.17. The quantitative estimate of drug-likeness (QED) is 0.913. The number of hydrogen-bond donors (Lipinski definition) is 1. The van der Waals surface area contributed by atoms with Gasteiger partial charge in [0, 0.05) is 12.5 Å². The van der Waals surface area contributed by atoms with Crippen molar-refractivity contribution in [2.45, 2.75) is 39.8 Å². The summed E-state index contributed by atoms with van der Waals surface area (Å²) in [5.74, 6) is 1.58. The number of aromatic nitrogens is 4. The number of nitrogens with zero attached hydrogens (tertiary/aromatic N) is 4. The largest absolute Gasteiger partial charge is 0.339 e. The Morgan fingerprint density at radius 2 is 2.11 bits per heavy atom. The van der Waals surface area contributed by atoms with Gasteiger partial charge in [0.25, 0.3) is 0 Å². The number of rotatable bonds is 5. The first-order valence-corrected chi connectivity index (χ1v) is 6.55. The predicted molar refractivity (Wildman–Crippen MR) is 71.9 cm³/mol. The Morgan fingerprint density at radius 3 is 2.63 bits per heavy atom. The van der Waals surface area contributed by atoms with Gasteiger partial charge >= 0.3 is 0 Å². The fourth-order valence-electron chi connectivity index (χ4n) is 1.69.